The summed E-state index contributed by atoms with van der Waals surface area (Å²) >= 11 is 0. The van der Waals surface area contributed by atoms with E-state index in [9.17, 15) is 9.70 Å². The first-order valence-corrected chi connectivity index (χ1v) is 7.91. The molecule has 1 saturated heterocycles. The maximum absolute atomic E-state index is 11.1. The van der Waals surface area contributed by atoms with Crippen molar-refractivity contribution in [3.63, 3.8) is 0 Å². The van der Waals surface area contributed by atoms with Crippen LogP contribution < -0.4 is 9.64 Å². The molecular weight excluding hydrogens is 306 g/mol. The van der Waals surface area contributed by atoms with Crippen molar-refractivity contribution in [2.75, 3.05) is 37.6 Å². The number of hydrogen-bond acceptors (Lipinski definition) is 5. The van der Waals surface area contributed by atoms with Gasteiger partial charge < -0.3 is 9.64 Å². The first-order chi connectivity index (χ1) is 11.7. The lowest BCUT2D eigenvalue weighted by atomic mass is 10.2. The summed E-state index contributed by atoms with van der Waals surface area (Å²) in [6.07, 6.45) is 0. The average Bonchev–Trinajstić information content (AvgIpc) is 2.64. The van der Waals surface area contributed by atoms with E-state index in [1.54, 1.807) is 0 Å². The summed E-state index contributed by atoms with van der Waals surface area (Å²) in [4.78, 5) is 25.5. The largest absolute Gasteiger partial charge is 0.457 e. The fraction of sp³-hybridized carbons (Fsp3) is 0.278. The van der Waals surface area contributed by atoms with Crippen LogP contribution in [-0.2, 0) is 4.79 Å². The van der Waals surface area contributed by atoms with E-state index in [0.717, 1.165) is 43.4 Å². The molecule has 1 heterocycles. The van der Waals surface area contributed by atoms with E-state index in [0.29, 0.717) is 0 Å². The number of amides is 1. The highest BCUT2D eigenvalue weighted by atomic mass is 16.5. The van der Waals surface area contributed by atoms with Crippen molar-refractivity contribution in [1.29, 1.82) is 0 Å². The maximum atomic E-state index is 11.1. The van der Waals surface area contributed by atoms with Crippen molar-refractivity contribution < 1.29 is 9.53 Å². The second-order valence-corrected chi connectivity index (χ2v) is 5.66. The summed E-state index contributed by atoms with van der Waals surface area (Å²) in [5, 5.41) is 2.45. The average molecular weight is 325 g/mol. The van der Waals surface area contributed by atoms with Crippen molar-refractivity contribution in [1.82, 2.24) is 4.90 Å². The van der Waals surface area contributed by atoms with E-state index >= 15 is 0 Å². The molecule has 0 aliphatic carbocycles. The molecule has 0 atom stereocenters. The summed E-state index contributed by atoms with van der Waals surface area (Å²) in [7, 11) is 0. The number of rotatable bonds is 5. The van der Waals surface area contributed by atoms with Gasteiger partial charge in [-0.2, -0.15) is 0 Å². The van der Waals surface area contributed by atoms with Crippen molar-refractivity contribution in [3.05, 3.63) is 59.5 Å². The zero-order valence-corrected chi connectivity index (χ0v) is 13.3. The first kappa shape index (κ1) is 16.1. The number of piperazine rings is 1. The summed E-state index contributed by atoms with van der Waals surface area (Å²) in [6, 6.07) is 17.6. The molecule has 1 fully saturated rings. The lowest BCUT2D eigenvalue weighted by Crippen LogP contribution is -2.47. The number of hydrogen-bond donors (Lipinski definition) is 0. The van der Waals surface area contributed by atoms with Crippen LogP contribution in [0.15, 0.2) is 59.8 Å². The minimum Gasteiger partial charge on any atom is -0.457 e. The topological polar surface area (TPSA) is 62.2 Å². The maximum Gasteiger partial charge on any atom is 0.300 e. The van der Waals surface area contributed by atoms with Crippen LogP contribution in [0.1, 0.15) is 0 Å². The van der Waals surface area contributed by atoms with E-state index in [4.69, 9.17) is 4.74 Å². The first-order valence-electron chi connectivity index (χ1n) is 7.91. The number of nitroso groups, excluding NO2 is 1. The fourth-order valence-electron chi connectivity index (χ4n) is 2.73. The highest BCUT2D eigenvalue weighted by Gasteiger charge is 2.19. The third-order valence-corrected chi connectivity index (χ3v) is 4.01. The van der Waals surface area contributed by atoms with Gasteiger partial charge in [-0.05, 0) is 36.4 Å². The minimum atomic E-state index is -0.606. The Morgan fingerprint density at radius 3 is 2.17 bits per heavy atom. The van der Waals surface area contributed by atoms with Crippen molar-refractivity contribution in [2.45, 2.75) is 0 Å². The van der Waals surface area contributed by atoms with Crippen molar-refractivity contribution >= 4 is 11.6 Å². The molecule has 2 aromatic rings. The number of carbonyl (C=O) groups excluding carboxylic acids is 1. The van der Waals surface area contributed by atoms with Crippen LogP contribution in [0, 0.1) is 4.91 Å². The van der Waals surface area contributed by atoms with E-state index < -0.39 is 5.91 Å². The molecule has 0 unspecified atom stereocenters. The molecule has 0 saturated carbocycles. The van der Waals surface area contributed by atoms with Gasteiger partial charge in [-0.15, -0.1) is 4.91 Å². The van der Waals surface area contributed by atoms with Gasteiger partial charge in [0, 0.05) is 37.0 Å². The Morgan fingerprint density at radius 1 is 0.917 bits per heavy atom. The Kier molecular flexibility index (Phi) is 5.18. The number of para-hydroxylation sites is 1. The second-order valence-electron chi connectivity index (χ2n) is 5.66. The number of nitrogens with zero attached hydrogens (tertiary/aromatic N) is 3. The van der Waals surface area contributed by atoms with E-state index in [1.165, 1.54) is 0 Å². The summed E-state index contributed by atoms with van der Waals surface area (Å²) in [5.41, 5.74) is 1.12. The zero-order chi connectivity index (χ0) is 16.8. The van der Waals surface area contributed by atoms with Gasteiger partial charge in [0.15, 0.2) is 0 Å². The van der Waals surface area contributed by atoms with Crippen LogP contribution in [-0.4, -0.2) is 43.5 Å². The predicted molar refractivity (Wildman–Crippen MR) is 92.4 cm³/mol. The minimum absolute atomic E-state index is 0.112. The van der Waals surface area contributed by atoms with Crippen LogP contribution in [0.3, 0.4) is 0 Å². The molecule has 0 spiro atoms. The predicted octanol–water partition coefficient (Wildman–Crippen LogP) is 2.89. The van der Waals surface area contributed by atoms with Gasteiger partial charge in [0.1, 0.15) is 11.5 Å². The van der Waals surface area contributed by atoms with E-state index in [1.807, 2.05) is 59.5 Å². The number of ether oxygens (including phenoxy) is 1. The molecule has 1 aliphatic heterocycles. The molecule has 24 heavy (non-hydrogen) atoms. The third-order valence-electron chi connectivity index (χ3n) is 4.01. The zero-order valence-electron chi connectivity index (χ0n) is 13.3. The number of carbonyl (C=O) groups is 1. The molecule has 3 rings (SSSR count). The molecule has 0 aromatic heterocycles. The van der Waals surface area contributed by atoms with Crippen LogP contribution in [0.25, 0.3) is 0 Å². The Hall–Kier alpha value is -2.73. The Balaban J connectivity index is 1.55. The summed E-state index contributed by atoms with van der Waals surface area (Å²) < 4.78 is 5.79. The molecular formula is C18H19N3O3. The highest BCUT2D eigenvalue weighted by Crippen LogP contribution is 2.24. The van der Waals surface area contributed by atoms with Gasteiger partial charge in [0.2, 0.25) is 0 Å². The van der Waals surface area contributed by atoms with Crippen LogP contribution in [0.4, 0.5) is 5.69 Å². The smallest absolute Gasteiger partial charge is 0.300 e. The summed E-state index contributed by atoms with van der Waals surface area (Å²) in [5.74, 6) is 1.00. The fourth-order valence-corrected chi connectivity index (χ4v) is 2.73. The molecule has 2 aromatic carbocycles. The number of anilines is 1. The third kappa shape index (κ3) is 4.17. The lowest BCUT2D eigenvalue weighted by molar-refractivity contribution is -0.119. The molecule has 6 heteroatoms. The van der Waals surface area contributed by atoms with E-state index in [-0.39, 0.29) is 6.54 Å². The van der Waals surface area contributed by atoms with Crippen LogP contribution in [0.2, 0.25) is 0 Å². The molecule has 0 radical (unpaired) electrons. The van der Waals surface area contributed by atoms with Crippen molar-refractivity contribution in [2.24, 2.45) is 5.18 Å². The van der Waals surface area contributed by atoms with Gasteiger partial charge in [0.05, 0.1) is 6.54 Å². The molecule has 0 bridgehead atoms. The van der Waals surface area contributed by atoms with E-state index in [2.05, 4.69) is 10.1 Å². The highest BCUT2D eigenvalue weighted by molar-refractivity contribution is 5.78. The van der Waals surface area contributed by atoms with Crippen molar-refractivity contribution in [3.8, 4) is 11.5 Å². The molecule has 6 nitrogen and oxygen atoms in total. The molecule has 124 valence electrons. The van der Waals surface area contributed by atoms with Crippen LogP contribution in [0.5, 0.6) is 11.5 Å². The number of benzene rings is 2. The quantitative estimate of drug-likeness (QED) is 0.791. The molecule has 0 N–H and O–H groups in total. The lowest BCUT2D eigenvalue weighted by Gasteiger charge is -2.35. The molecule has 1 aliphatic rings. The normalized spacial score (nSPS) is 15.1. The second kappa shape index (κ2) is 7.70. The Bertz CT molecular complexity index is 680. The van der Waals surface area contributed by atoms with Gasteiger partial charge in [-0.25, -0.2) is 0 Å². The Morgan fingerprint density at radius 2 is 1.54 bits per heavy atom. The molecule has 1 amide bonds. The monoisotopic (exact) mass is 325 g/mol. The van der Waals surface area contributed by atoms with Gasteiger partial charge in [-0.3, -0.25) is 9.69 Å². The van der Waals surface area contributed by atoms with Gasteiger partial charge >= 0.3 is 0 Å². The van der Waals surface area contributed by atoms with Crippen LogP contribution >= 0.6 is 0 Å². The Labute approximate surface area is 140 Å². The summed E-state index contributed by atoms with van der Waals surface area (Å²) in [6.45, 7) is 3.21. The SMILES string of the molecule is O=NC(=O)CN1CCN(c2ccc(Oc3ccccc3)cc2)CC1. The van der Waals surface area contributed by atoms with Gasteiger partial charge in [-0.1, -0.05) is 18.2 Å². The van der Waals surface area contributed by atoms with Gasteiger partial charge in [0.25, 0.3) is 5.91 Å². The standard InChI is InChI=1S/C18H19N3O3/c22-18(19-23)14-20-10-12-21(13-11-20)15-6-8-17(9-7-15)24-16-4-2-1-3-5-16/h1-9H,10-14H2.